The van der Waals surface area contributed by atoms with E-state index in [1.165, 1.54) is 11.6 Å². The first-order chi connectivity index (χ1) is 14.2. The Morgan fingerprint density at radius 3 is 2.43 bits per heavy atom. The second kappa shape index (κ2) is 11.0. The minimum Gasteiger partial charge on any atom is -0.508 e. The number of unbranched alkanes of at least 4 members (excludes halogenated alkanes) is 2. The van der Waals surface area contributed by atoms with Crippen LogP contribution in [0.15, 0.2) is 34.3 Å². The zero-order valence-electron chi connectivity index (χ0n) is 18.7. The van der Waals surface area contributed by atoms with Gasteiger partial charge < -0.3 is 14.9 Å². The Hall–Kier alpha value is -1.79. The third-order valence-electron chi connectivity index (χ3n) is 5.54. The van der Waals surface area contributed by atoms with Crippen LogP contribution in [0, 0.1) is 0 Å². The SMILES string of the molecule is CCCCCc1cc(O)c(C/C=C(\C)CCC=C(C)C)c(O)c1S(=O)(=O)C1COC1. The minimum absolute atomic E-state index is 0.0182. The van der Waals surface area contributed by atoms with Crippen LogP contribution in [0.25, 0.3) is 0 Å². The van der Waals surface area contributed by atoms with Crippen molar-refractivity contribution in [3.8, 4) is 11.5 Å². The molecule has 1 aliphatic heterocycles. The first-order valence-corrected chi connectivity index (χ1v) is 12.4. The molecule has 2 rings (SSSR count). The van der Waals surface area contributed by atoms with Gasteiger partial charge in [0.15, 0.2) is 9.84 Å². The summed E-state index contributed by atoms with van der Waals surface area (Å²) in [5, 5.41) is 20.9. The highest BCUT2D eigenvalue weighted by atomic mass is 32.2. The maximum absolute atomic E-state index is 13.2. The van der Waals surface area contributed by atoms with Crippen molar-refractivity contribution in [2.75, 3.05) is 13.2 Å². The summed E-state index contributed by atoms with van der Waals surface area (Å²) in [5.74, 6) is -0.349. The Labute approximate surface area is 181 Å². The Bertz CT molecular complexity index is 889. The molecule has 0 spiro atoms. The highest BCUT2D eigenvalue weighted by molar-refractivity contribution is 7.92. The van der Waals surface area contributed by atoms with E-state index in [1.54, 1.807) is 0 Å². The van der Waals surface area contributed by atoms with Gasteiger partial charge in [0.1, 0.15) is 21.6 Å². The van der Waals surface area contributed by atoms with Gasteiger partial charge >= 0.3 is 0 Å². The molecule has 168 valence electrons. The number of aryl methyl sites for hydroxylation is 1. The number of hydrogen-bond donors (Lipinski definition) is 2. The lowest BCUT2D eigenvalue weighted by atomic mass is 10.00. The molecule has 5 nitrogen and oxygen atoms in total. The molecule has 30 heavy (non-hydrogen) atoms. The molecular weight excluding hydrogens is 400 g/mol. The summed E-state index contributed by atoms with van der Waals surface area (Å²) in [6.45, 7) is 8.51. The van der Waals surface area contributed by atoms with Crippen LogP contribution in [0.3, 0.4) is 0 Å². The molecule has 0 radical (unpaired) electrons. The third-order valence-corrected chi connectivity index (χ3v) is 7.71. The number of hydrogen-bond acceptors (Lipinski definition) is 5. The van der Waals surface area contributed by atoms with Crippen molar-refractivity contribution in [2.24, 2.45) is 0 Å². The zero-order chi connectivity index (χ0) is 22.3. The summed E-state index contributed by atoms with van der Waals surface area (Å²) in [6, 6.07) is 1.53. The molecule has 1 aromatic rings. The van der Waals surface area contributed by atoms with Gasteiger partial charge in [-0.1, -0.05) is 43.1 Å². The van der Waals surface area contributed by atoms with Gasteiger partial charge in [0.2, 0.25) is 0 Å². The first kappa shape index (κ1) is 24.5. The van der Waals surface area contributed by atoms with Crippen molar-refractivity contribution in [3.63, 3.8) is 0 Å². The molecule has 0 aliphatic carbocycles. The lowest BCUT2D eigenvalue weighted by Gasteiger charge is -2.27. The Kier molecular flexibility index (Phi) is 8.98. The first-order valence-electron chi connectivity index (χ1n) is 10.9. The summed E-state index contributed by atoms with van der Waals surface area (Å²) in [5.41, 5.74) is 3.18. The number of allylic oxidation sites excluding steroid dienone is 4. The van der Waals surface area contributed by atoms with E-state index < -0.39 is 15.1 Å². The molecule has 1 aromatic carbocycles. The highest BCUT2D eigenvalue weighted by Crippen LogP contribution is 2.40. The molecule has 1 heterocycles. The van der Waals surface area contributed by atoms with Gasteiger partial charge in [-0.3, -0.25) is 0 Å². The van der Waals surface area contributed by atoms with Gasteiger partial charge in [0.05, 0.1) is 13.2 Å². The molecule has 1 saturated heterocycles. The maximum Gasteiger partial charge on any atom is 0.189 e. The summed E-state index contributed by atoms with van der Waals surface area (Å²) in [4.78, 5) is -0.0182. The Morgan fingerprint density at radius 1 is 1.17 bits per heavy atom. The van der Waals surface area contributed by atoms with Crippen LogP contribution in [0.2, 0.25) is 0 Å². The summed E-state index contributed by atoms with van der Waals surface area (Å²) in [6.07, 6.45) is 9.50. The van der Waals surface area contributed by atoms with E-state index in [4.69, 9.17) is 4.74 Å². The van der Waals surface area contributed by atoms with Crippen LogP contribution in [-0.4, -0.2) is 37.1 Å². The lowest BCUT2D eigenvalue weighted by Crippen LogP contribution is -2.41. The van der Waals surface area contributed by atoms with Crippen molar-refractivity contribution in [1.82, 2.24) is 0 Å². The fourth-order valence-corrected chi connectivity index (χ4v) is 5.33. The Morgan fingerprint density at radius 2 is 1.87 bits per heavy atom. The van der Waals surface area contributed by atoms with Gasteiger partial charge in [-0.15, -0.1) is 0 Å². The Balaban J connectivity index is 2.37. The fourth-order valence-electron chi connectivity index (χ4n) is 3.52. The molecule has 0 atom stereocenters. The van der Waals surface area contributed by atoms with Crippen molar-refractivity contribution in [2.45, 2.75) is 82.8 Å². The van der Waals surface area contributed by atoms with Crippen LogP contribution in [0.1, 0.15) is 70.9 Å². The van der Waals surface area contributed by atoms with Crippen molar-refractivity contribution in [3.05, 3.63) is 40.5 Å². The molecule has 0 saturated carbocycles. The third kappa shape index (κ3) is 6.11. The van der Waals surface area contributed by atoms with Crippen molar-refractivity contribution < 1.29 is 23.4 Å². The van der Waals surface area contributed by atoms with Crippen LogP contribution in [0.5, 0.6) is 11.5 Å². The minimum atomic E-state index is -3.72. The monoisotopic (exact) mass is 436 g/mol. The van der Waals surface area contributed by atoms with Gasteiger partial charge in [-0.2, -0.15) is 0 Å². The predicted octanol–water partition coefficient (Wildman–Crippen LogP) is 5.24. The lowest BCUT2D eigenvalue weighted by molar-refractivity contribution is 0.0415. The van der Waals surface area contributed by atoms with Crippen LogP contribution in [0.4, 0.5) is 0 Å². The van der Waals surface area contributed by atoms with Crippen LogP contribution < -0.4 is 0 Å². The van der Waals surface area contributed by atoms with E-state index in [1.807, 2.05) is 13.0 Å². The van der Waals surface area contributed by atoms with Gasteiger partial charge in [0.25, 0.3) is 0 Å². The number of rotatable bonds is 11. The number of aromatic hydroxyl groups is 2. The molecule has 6 heteroatoms. The highest BCUT2D eigenvalue weighted by Gasteiger charge is 2.38. The molecule has 2 N–H and O–H groups in total. The largest absolute Gasteiger partial charge is 0.508 e. The fraction of sp³-hybridized carbons (Fsp3) is 0.583. The second-order valence-corrected chi connectivity index (χ2v) is 10.6. The average Bonchev–Trinajstić information content (AvgIpc) is 2.58. The molecule has 0 aromatic heterocycles. The summed E-state index contributed by atoms with van der Waals surface area (Å²) < 4.78 is 31.4. The number of ether oxygens (including phenoxy) is 1. The number of benzene rings is 1. The molecule has 0 amide bonds. The molecule has 0 bridgehead atoms. The molecule has 1 fully saturated rings. The quantitative estimate of drug-likeness (QED) is 0.366. The summed E-state index contributed by atoms with van der Waals surface area (Å²) in [7, 11) is -3.72. The van der Waals surface area contributed by atoms with Gasteiger partial charge in [0, 0.05) is 5.56 Å². The topological polar surface area (TPSA) is 83.8 Å². The van der Waals surface area contributed by atoms with Crippen molar-refractivity contribution in [1.29, 1.82) is 0 Å². The normalized spacial score (nSPS) is 15.1. The van der Waals surface area contributed by atoms with E-state index in [-0.39, 0.29) is 41.6 Å². The molecule has 1 aliphatic rings. The maximum atomic E-state index is 13.2. The van der Waals surface area contributed by atoms with Crippen molar-refractivity contribution >= 4 is 9.84 Å². The summed E-state index contributed by atoms with van der Waals surface area (Å²) >= 11 is 0. The van der Waals surface area contributed by atoms with E-state index in [0.717, 1.165) is 37.7 Å². The van der Waals surface area contributed by atoms with E-state index >= 15 is 0 Å². The van der Waals surface area contributed by atoms with E-state index in [9.17, 15) is 18.6 Å². The zero-order valence-corrected chi connectivity index (χ0v) is 19.5. The second-order valence-electron chi connectivity index (χ2n) is 8.45. The standard InChI is InChI=1S/C24H36O5S/c1-5-6-7-11-19-14-22(25)21(13-12-18(4)10-8-9-17(2)3)23(26)24(19)30(27,28)20-15-29-16-20/h9,12,14,20,25-26H,5-8,10-11,13,15-16H2,1-4H3/b18-12+. The van der Waals surface area contributed by atoms with Gasteiger partial charge in [-0.05, 0) is 64.5 Å². The van der Waals surface area contributed by atoms with Crippen LogP contribution in [-0.2, 0) is 27.4 Å². The van der Waals surface area contributed by atoms with Gasteiger partial charge in [-0.25, -0.2) is 8.42 Å². The number of sulfone groups is 1. The van der Waals surface area contributed by atoms with E-state index in [2.05, 4.69) is 26.8 Å². The number of phenols is 2. The smallest absolute Gasteiger partial charge is 0.189 e. The average molecular weight is 437 g/mol. The van der Waals surface area contributed by atoms with E-state index in [0.29, 0.717) is 12.0 Å². The number of phenolic OH excluding ortho intramolecular Hbond substituents is 2. The molecule has 0 unspecified atom stereocenters. The predicted molar refractivity (Wildman–Crippen MR) is 121 cm³/mol. The van der Waals surface area contributed by atoms with Crippen LogP contribution >= 0.6 is 0 Å². The molecular formula is C24H36O5S.